The van der Waals surface area contributed by atoms with Gasteiger partial charge in [-0.25, -0.2) is 0 Å². The molecule has 0 amide bonds. The molecular weight excluding hydrogens is 175 g/mol. The molecule has 3 heteroatoms. The van der Waals surface area contributed by atoms with E-state index in [1.165, 1.54) is 6.42 Å². The lowest BCUT2D eigenvalue weighted by Gasteiger charge is -2.32. The number of hydrogen-bond donors (Lipinski definition) is 0. The van der Waals surface area contributed by atoms with Gasteiger partial charge in [0.2, 0.25) is 0 Å². The highest BCUT2D eigenvalue weighted by atomic mass is 16.7. The van der Waals surface area contributed by atoms with E-state index in [2.05, 4.69) is 34.6 Å². The van der Waals surface area contributed by atoms with Gasteiger partial charge in [-0.3, -0.25) is 0 Å². The fraction of sp³-hybridized carbons (Fsp3) is 1.00. The zero-order chi connectivity index (χ0) is 10.6. The Hall–Kier alpha value is -0.0151. The van der Waals surface area contributed by atoms with Crippen molar-refractivity contribution in [2.75, 3.05) is 0 Å². The Labute approximate surface area is 87.5 Å². The van der Waals surface area contributed by atoms with Crippen LogP contribution in [0, 0.1) is 0 Å². The molecule has 1 saturated heterocycles. The van der Waals surface area contributed by atoms with E-state index in [4.69, 9.17) is 9.31 Å². The van der Waals surface area contributed by atoms with Crippen LogP contribution >= 0.6 is 0 Å². The van der Waals surface area contributed by atoms with Gasteiger partial charge in [0.25, 0.3) is 0 Å². The van der Waals surface area contributed by atoms with Gasteiger partial charge in [-0.2, -0.15) is 0 Å². The molecule has 1 saturated carbocycles. The minimum absolute atomic E-state index is 0.0437. The van der Waals surface area contributed by atoms with E-state index in [0.717, 1.165) is 12.8 Å². The van der Waals surface area contributed by atoms with Crippen LogP contribution < -0.4 is 0 Å². The Morgan fingerprint density at radius 1 is 1.00 bits per heavy atom. The summed E-state index contributed by atoms with van der Waals surface area (Å²) in [6.07, 6.45) is 3.50. The fourth-order valence-electron chi connectivity index (χ4n) is 2.51. The average molecular weight is 196 g/mol. The predicted octanol–water partition coefficient (Wildman–Crippen LogP) is 3.02. The predicted molar refractivity (Wildman–Crippen MR) is 58.3 cm³/mol. The quantitative estimate of drug-likeness (QED) is 0.554. The fourth-order valence-corrected chi connectivity index (χ4v) is 2.51. The second-order valence-corrected chi connectivity index (χ2v) is 6.25. The van der Waals surface area contributed by atoms with Gasteiger partial charge in [0.15, 0.2) is 0 Å². The van der Waals surface area contributed by atoms with Gasteiger partial charge in [-0.05, 0) is 38.4 Å². The van der Waals surface area contributed by atoms with E-state index in [1.54, 1.807) is 0 Å². The lowest BCUT2D eigenvalue weighted by atomic mass is 9.61. The molecule has 0 radical (unpaired) electrons. The molecule has 0 aromatic rings. The van der Waals surface area contributed by atoms with Crippen molar-refractivity contribution < 1.29 is 9.31 Å². The Morgan fingerprint density at radius 3 is 1.79 bits per heavy atom. The number of rotatable bonds is 0. The molecule has 80 valence electrons. The van der Waals surface area contributed by atoms with Gasteiger partial charge in [0.1, 0.15) is 0 Å². The summed E-state index contributed by atoms with van der Waals surface area (Å²) in [5.74, 6) is 0. The smallest absolute Gasteiger partial charge is 0.403 e. The minimum atomic E-state index is -0.0506. The highest BCUT2D eigenvalue weighted by Crippen LogP contribution is 2.52. The molecule has 1 aliphatic carbocycles. The van der Waals surface area contributed by atoms with Crippen LogP contribution in [0.2, 0.25) is 5.31 Å². The normalized spacial score (nSPS) is 43.1. The van der Waals surface area contributed by atoms with Crippen molar-refractivity contribution in [3.8, 4) is 0 Å². The van der Waals surface area contributed by atoms with Gasteiger partial charge >= 0.3 is 7.12 Å². The minimum Gasteiger partial charge on any atom is -0.403 e. The van der Waals surface area contributed by atoms with E-state index in [1.807, 2.05) is 0 Å². The second kappa shape index (κ2) is 2.76. The van der Waals surface area contributed by atoms with E-state index >= 15 is 0 Å². The molecule has 2 aliphatic rings. The molecule has 2 fully saturated rings. The summed E-state index contributed by atoms with van der Waals surface area (Å²) in [6, 6.07) is 0. The molecular formula is C11H21BO2. The van der Waals surface area contributed by atoms with Crippen molar-refractivity contribution in [3.05, 3.63) is 0 Å². The van der Waals surface area contributed by atoms with Crippen LogP contribution in [0.1, 0.15) is 53.9 Å². The third-order valence-corrected chi connectivity index (χ3v) is 3.87. The zero-order valence-corrected chi connectivity index (χ0v) is 10.0. The maximum atomic E-state index is 6.12. The highest BCUT2D eigenvalue weighted by Gasteiger charge is 2.61. The van der Waals surface area contributed by atoms with Crippen LogP contribution in [0.4, 0.5) is 0 Å². The molecule has 0 bridgehead atoms. The Balaban J connectivity index is 2.21. The largest absolute Gasteiger partial charge is 0.463 e. The number of hydrogen-bond acceptors (Lipinski definition) is 2. The molecule has 0 aromatic carbocycles. The first-order chi connectivity index (χ1) is 6.27. The second-order valence-electron chi connectivity index (χ2n) is 6.25. The first-order valence-electron chi connectivity index (χ1n) is 5.63. The van der Waals surface area contributed by atoms with Crippen LogP contribution in [-0.2, 0) is 9.31 Å². The van der Waals surface area contributed by atoms with Crippen molar-refractivity contribution in [2.45, 2.75) is 70.4 Å². The van der Waals surface area contributed by atoms with Crippen molar-refractivity contribution in [1.82, 2.24) is 0 Å². The van der Waals surface area contributed by atoms with E-state index < -0.39 is 0 Å². The first kappa shape index (κ1) is 10.5. The zero-order valence-electron chi connectivity index (χ0n) is 10.0. The molecule has 2 atom stereocenters. The van der Waals surface area contributed by atoms with Crippen molar-refractivity contribution in [3.63, 3.8) is 0 Å². The standard InChI is InChI=1S/C11H21BO2/c1-9(2,3)12-13-10(4)7-6-8-11(10,5)14-12/h6-8H2,1-5H3/t10-,11+. The Bertz CT molecular complexity index is 230. The maximum Gasteiger partial charge on any atom is 0.463 e. The summed E-state index contributed by atoms with van der Waals surface area (Å²) in [5, 5.41) is 0.0797. The summed E-state index contributed by atoms with van der Waals surface area (Å²) in [4.78, 5) is 0. The summed E-state index contributed by atoms with van der Waals surface area (Å²) < 4.78 is 12.2. The van der Waals surface area contributed by atoms with Crippen LogP contribution in [0.3, 0.4) is 0 Å². The summed E-state index contributed by atoms with van der Waals surface area (Å²) in [5.41, 5.74) is -0.101. The molecule has 0 aromatic heterocycles. The maximum absolute atomic E-state index is 6.12. The van der Waals surface area contributed by atoms with E-state index in [0.29, 0.717) is 0 Å². The molecule has 0 spiro atoms. The SMILES string of the molecule is CC(C)(C)B1O[C@]2(C)CCC[C@]2(C)O1. The summed E-state index contributed by atoms with van der Waals surface area (Å²) >= 11 is 0. The monoisotopic (exact) mass is 196 g/mol. The molecule has 0 N–H and O–H groups in total. The van der Waals surface area contributed by atoms with Gasteiger partial charge in [-0.1, -0.05) is 20.8 Å². The third kappa shape index (κ3) is 1.33. The van der Waals surface area contributed by atoms with Crippen LogP contribution in [0.5, 0.6) is 0 Å². The molecule has 1 heterocycles. The lowest BCUT2D eigenvalue weighted by Crippen LogP contribution is -2.41. The topological polar surface area (TPSA) is 18.5 Å². The molecule has 2 nitrogen and oxygen atoms in total. The summed E-state index contributed by atoms with van der Waals surface area (Å²) in [6.45, 7) is 10.9. The third-order valence-electron chi connectivity index (χ3n) is 3.87. The van der Waals surface area contributed by atoms with Gasteiger partial charge in [-0.15, -0.1) is 0 Å². The Morgan fingerprint density at radius 2 is 1.43 bits per heavy atom. The lowest BCUT2D eigenvalue weighted by molar-refractivity contribution is 0.00578. The number of fused-ring (bicyclic) bond motifs is 1. The van der Waals surface area contributed by atoms with Crippen LogP contribution in [0.15, 0.2) is 0 Å². The molecule has 2 rings (SSSR count). The van der Waals surface area contributed by atoms with E-state index in [9.17, 15) is 0 Å². The molecule has 0 unspecified atom stereocenters. The van der Waals surface area contributed by atoms with Crippen LogP contribution in [0.25, 0.3) is 0 Å². The highest BCUT2D eigenvalue weighted by molar-refractivity contribution is 6.49. The molecule has 1 aliphatic heterocycles. The van der Waals surface area contributed by atoms with Crippen molar-refractivity contribution in [1.29, 1.82) is 0 Å². The first-order valence-corrected chi connectivity index (χ1v) is 5.63. The summed E-state index contributed by atoms with van der Waals surface area (Å²) in [7, 11) is -0.0437. The van der Waals surface area contributed by atoms with Gasteiger partial charge in [0.05, 0.1) is 11.2 Å². The van der Waals surface area contributed by atoms with E-state index in [-0.39, 0.29) is 23.6 Å². The Kier molecular flexibility index (Phi) is 2.07. The van der Waals surface area contributed by atoms with Crippen molar-refractivity contribution >= 4 is 7.12 Å². The van der Waals surface area contributed by atoms with Crippen molar-refractivity contribution in [2.24, 2.45) is 0 Å². The van der Waals surface area contributed by atoms with Gasteiger partial charge in [0, 0.05) is 0 Å². The molecule has 14 heavy (non-hydrogen) atoms. The van der Waals surface area contributed by atoms with Crippen LogP contribution in [-0.4, -0.2) is 18.3 Å². The van der Waals surface area contributed by atoms with Gasteiger partial charge < -0.3 is 9.31 Å². The average Bonchev–Trinajstić information content (AvgIpc) is 2.36.